The number of hydrogen-bond donors (Lipinski definition) is 3. The Kier molecular flexibility index (Phi) is 6.78. The predicted octanol–water partition coefficient (Wildman–Crippen LogP) is 5.30. The van der Waals surface area contributed by atoms with E-state index in [1.807, 2.05) is 37.3 Å². The minimum absolute atomic E-state index is 0.299. The first-order valence-electron chi connectivity index (χ1n) is 9.42. The van der Waals surface area contributed by atoms with E-state index in [0.29, 0.717) is 33.5 Å². The van der Waals surface area contributed by atoms with E-state index in [0.717, 1.165) is 11.3 Å². The number of carbonyl (C=O) groups is 1. The van der Waals surface area contributed by atoms with Gasteiger partial charge in [-0.1, -0.05) is 36.4 Å². The molecule has 2 aromatic carbocycles. The molecule has 3 aromatic rings. The first-order chi connectivity index (χ1) is 14.7. The molecule has 3 rings (SSSR count). The molecule has 1 amide bonds. The maximum atomic E-state index is 12.6. The van der Waals surface area contributed by atoms with Crippen molar-refractivity contribution in [3.63, 3.8) is 0 Å². The lowest BCUT2D eigenvalue weighted by molar-refractivity contribution is -0.111. The largest absolute Gasteiger partial charge is 0.338 e. The van der Waals surface area contributed by atoms with Crippen molar-refractivity contribution in [3.8, 4) is 0 Å². The molecule has 0 aliphatic heterocycles. The highest BCUT2D eigenvalue weighted by atomic mass is 35.5. The number of nitrogens with one attached hydrogen (secondary N) is 3. The third-order valence-corrected chi connectivity index (χ3v) is 6.25. The Hall–Kier alpha value is -3.15. The van der Waals surface area contributed by atoms with Crippen molar-refractivity contribution in [2.75, 3.05) is 29.3 Å². The third-order valence-electron chi connectivity index (χ3n) is 4.42. The summed E-state index contributed by atoms with van der Waals surface area (Å²) in [5, 5.41) is 10.1. The van der Waals surface area contributed by atoms with Crippen LogP contribution in [0.25, 0.3) is 0 Å². The highest BCUT2D eigenvalue weighted by molar-refractivity contribution is 7.70. The van der Waals surface area contributed by atoms with Crippen molar-refractivity contribution < 1.29 is 9.36 Å². The van der Waals surface area contributed by atoms with Gasteiger partial charge in [0.1, 0.15) is 12.2 Å². The van der Waals surface area contributed by atoms with Gasteiger partial charge in [-0.2, -0.15) is 4.98 Å². The quantitative estimate of drug-likeness (QED) is 0.330. The Bertz CT molecular complexity index is 1190. The highest BCUT2D eigenvalue weighted by Gasteiger charge is 2.17. The molecule has 0 atom stereocenters. The molecule has 9 heteroatoms. The summed E-state index contributed by atoms with van der Waals surface area (Å²) in [6.45, 7) is 8.80. The van der Waals surface area contributed by atoms with Crippen LogP contribution in [-0.4, -0.2) is 29.2 Å². The van der Waals surface area contributed by atoms with Crippen molar-refractivity contribution >= 4 is 58.8 Å². The number of rotatable bonds is 7. The summed E-state index contributed by atoms with van der Waals surface area (Å²) in [6, 6.07) is 12.8. The summed E-state index contributed by atoms with van der Waals surface area (Å²) in [7, 11) is -2.51. The SMILES string of the molecule is C=CC(=O)Nc1ccc(C)c(Nc2ncc(Cl)c(Nc3ccccc3P(C)(C)=O)n2)c1. The van der Waals surface area contributed by atoms with E-state index in [2.05, 4.69) is 32.5 Å². The summed E-state index contributed by atoms with van der Waals surface area (Å²) < 4.78 is 12.6. The molecular formula is C22H23ClN5O2P. The van der Waals surface area contributed by atoms with Crippen molar-refractivity contribution in [1.82, 2.24) is 9.97 Å². The Morgan fingerprint density at radius 2 is 1.87 bits per heavy atom. The van der Waals surface area contributed by atoms with Crippen LogP contribution in [0.4, 0.5) is 28.8 Å². The van der Waals surface area contributed by atoms with E-state index in [1.54, 1.807) is 25.5 Å². The number of amides is 1. The molecule has 3 N–H and O–H groups in total. The van der Waals surface area contributed by atoms with Gasteiger partial charge in [-0.25, -0.2) is 4.98 Å². The van der Waals surface area contributed by atoms with Crippen molar-refractivity contribution in [1.29, 1.82) is 0 Å². The number of aryl methyl sites for hydroxylation is 1. The van der Waals surface area contributed by atoms with Crippen LogP contribution in [0.15, 0.2) is 61.3 Å². The van der Waals surface area contributed by atoms with Gasteiger partial charge in [0.05, 0.1) is 11.9 Å². The molecule has 0 spiro atoms. The van der Waals surface area contributed by atoms with E-state index < -0.39 is 7.14 Å². The second-order valence-electron chi connectivity index (χ2n) is 7.23. The van der Waals surface area contributed by atoms with Gasteiger partial charge in [0.25, 0.3) is 0 Å². The average Bonchev–Trinajstić information content (AvgIpc) is 2.72. The Labute approximate surface area is 186 Å². The Morgan fingerprint density at radius 1 is 1.13 bits per heavy atom. The number of halogens is 1. The first-order valence-corrected chi connectivity index (χ1v) is 12.4. The number of nitrogens with zero attached hydrogens (tertiary/aromatic N) is 2. The Balaban J connectivity index is 1.89. The average molecular weight is 456 g/mol. The number of anilines is 5. The number of para-hydroxylation sites is 1. The molecule has 0 fully saturated rings. The van der Waals surface area contributed by atoms with Crippen LogP contribution in [0.3, 0.4) is 0 Å². The van der Waals surface area contributed by atoms with E-state index in [1.165, 1.54) is 12.3 Å². The lowest BCUT2D eigenvalue weighted by atomic mass is 10.2. The molecule has 1 heterocycles. The number of hydrogen-bond acceptors (Lipinski definition) is 6. The van der Waals surface area contributed by atoms with Gasteiger partial charge < -0.3 is 20.5 Å². The fraction of sp³-hybridized carbons (Fsp3) is 0.136. The van der Waals surface area contributed by atoms with Gasteiger partial charge in [-0.05, 0) is 56.2 Å². The smallest absolute Gasteiger partial charge is 0.247 e. The van der Waals surface area contributed by atoms with Crippen molar-refractivity contribution in [3.05, 3.63) is 71.9 Å². The van der Waals surface area contributed by atoms with Crippen molar-refractivity contribution in [2.24, 2.45) is 0 Å². The van der Waals surface area contributed by atoms with Gasteiger partial charge >= 0.3 is 0 Å². The highest BCUT2D eigenvalue weighted by Crippen LogP contribution is 2.38. The van der Waals surface area contributed by atoms with Gasteiger partial charge in [-0.15, -0.1) is 0 Å². The molecule has 0 radical (unpaired) electrons. The van der Waals surface area contributed by atoms with E-state index in [-0.39, 0.29) is 5.91 Å². The minimum atomic E-state index is -2.51. The summed E-state index contributed by atoms with van der Waals surface area (Å²) in [5.74, 6) is 0.400. The topological polar surface area (TPSA) is 96.0 Å². The Morgan fingerprint density at radius 3 is 2.58 bits per heavy atom. The van der Waals surface area contributed by atoms with Gasteiger partial charge in [-0.3, -0.25) is 4.79 Å². The lowest BCUT2D eigenvalue weighted by Crippen LogP contribution is -2.11. The summed E-state index contributed by atoms with van der Waals surface area (Å²) >= 11 is 6.30. The normalized spacial score (nSPS) is 11.0. The maximum Gasteiger partial charge on any atom is 0.247 e. The molecule has 0 bridgehead atoms. The summed E-state index contributed by atoms with van der Waals surface area (Å²) in [5.41, 5.74) is 2.95. The predicted molar refractivity (Wildman–Crippen MR) is 129 cm³/mol. The molecule has 1 aromatic heterocycles. The van der Waals surface area contributed by atoms with Crippen LogP contribution < -0.4 is 21.3 Å². The fourth-order valence-electron chi connectivity index (χ4n) is 2.84. The molecule has 0 saturated heterocycles. The van der Waals surface area contributed by atoms with Crippen molar-refractivity contribution in [2.45, 2.75) is 6.92 Å². The molecule has 160 valence electrons. The van der Waals surface area contributed by atoms with Crippen LogP contribution in [-0.2, 0) is 9.36 Å². The van der Waals surface area contributed by atoms with Crippen LogP contribution in [0.2, 0.25) is 5.02 Å². The zero-order valence-corrected chi connectivity index (χ0v) is 19.1. The van der Waals surface area contributed by atoms with E-state index in [9.17, 15) is 9.36 Å². The molecular weight excluding hydrogens is 433 g/mol. The second-order valence-corrected chi connectivity index (χ2v) is 10.8. The number of benzene rings is 2. The number of carbonyl (C=O) groups excluding carboxylic acids is 1. The minimum Gasteiger partial charge on any atom is -0.338 e. The molecule has 7 nitrogen and oxygen atoms in total. The van der Waals surface area contributed by atoms with Crippen LogP contribution >= 0.6 is 18.7 Å². The zero-order valence-electron chi connectivity index (χ0n) is 17.4. The molecule has 0 saturated carbocycles. The van der Waals surface area contributed by atoms with E-state index in [4.69, 9.17) is 11.6 Å². The van der Waals surface area contributed by atoms with Gasteiger partial charge in [0.15, 0.2) is 5.82 Å². The zero-order chi connectivity index (χ0) is 22.6. The monoisotopic (exact) mass is 455 g/mol. The van der Waals surface area contributed by atoms with Crippen LogP contribution in [0.5, 0.6) is 0 Å². The molecule has 0 aliphatic rings. The molecule has 0 unspecified atom stereocenters. The summed E-state index contributed by atoms with van der Waals surface area (Å²) in [4.78, 5) is 20.3. The van der Waals surface area contributed by atoms with Crippen LogP contribution in [0.1, 0.15) is 5.56 Å². The summed E-state index contributed by atoms with van der Waals surface area (Å²) in [6.07, 6.45) is 2.69. The van der Waals surface area contributed by atoms with Gasteiger partial charge in [0, 0.05) is 16.7 Å². The van der Waals surface area contributed by atoms with Crippen LogP contribution in [0, 0.1) is 6.92 Å². The maximum absolute atomic E-state index is 12.6. The van der Waals surface area contributed by atoms with Gasteiger partial charge in [0.2, 0.25) is 11.9 Å². The standard InChI is InChI=1S/C22H23ClN5O2P/c1-5-20(29)25-15-11-10-14(2)18(12-15)27-22-24-13-16(23)21(28-22)26-17-8-6-7-9-19(17)31(3,4)30/h5-13H,1H2,2-4H3,(H,25,29)(H2,24,26,27,28). The lowest BCUT2D eigenvalue weighted by Gasteiger charge is -2.16. The molecule has 31 heavy (non-hydrogen) atoms. The van der Waals surface area contributed by atoms with E-state index >= 15 is 0 Å². The molecule has 0 aliphatic carbocycles. The third kappa shape index (κ3) is 5.72. The number of aromatic nitrogens is 2. The fourth-order valence-corrected chi connectivity index (χ4v) is 4.13. The second kappa shape index (κ2) is 9.33. The first kappa shape index (κ1) is 22.5.